The molecule has 1 N–H and O–H groups in total. The third kappa shape index (κ3) is 5.57. The summed E-state index contributed by atoms with van der Waals surface area (Å²) in [6.45, 7) is 1.39. The van der Waals surface area contributed by atoms with E-state index in [1.54, 1.807) is 12.4 Å². The van der Waals surface area contributed by atoms with Gasteiger partial charge in [-0.15, -0.1) is 0 Å². The first-order chi connectivity index (χ1) is 12.3. The number of nitrogens with zero attached hydrogens (tertiary/aromatic N) is 3. The molecule has 3 aromatic rings. The minimum Gasteiger partial charge on any atom is -0.356 e. The molecule has 0 aliphatic heterocycles. The van der Waals surface area contributed by atoms with Crippen molar-refractivity contribution in [3.63, 3.8) is 0 Å². The van der Waals surface area contributed by atoms with Crippen molar-refractivity contribution in [3.05, 3.63) is 83.9 Å². The Morgan fingerprint density at radius 2 is 1.76 bits per heavy atom. The normalized spacial score (nSPS) is 10.6. The van der Waals surface area contributed by atoms with Crippen molar-refractivity contribution in [2.24, 2.45) is 0 Å². The van der Waals surface area contributed by atoms with Gasteiger partial charge in [0.15, 0.2) is 0 Å². The van der Waals surface area contributed by atoms with Crippen LogP contribution in [0.1, 0.15) is 23.1 Å². The van der Waals surface area contributed by atoms with Crippen molar-refractivity contribution in [1.29, 1.82) is 0 Å². The Labute approximate surface area is 147 Å². The van der Waals surface area contributed by atoms with Crippen LogP contribution in [0.2, 0.25) is 0 Å². The Hall–Kier alpha value is -2.95. The Morgan fingerprint density at radius 3 is 2.56 bits per heavy atom. The van der Waals surface area contributed by atoms with Crippen molar-refractivity contribution in [1.82, 2.24) is 20.1 Å². The van der Waals surface area contributed by atoms with E-state index in [0.717, 1.165) is 30.5 Å². The number of amides is 1. The topological polar surface area (TPSA) is 59.8 Å². The molecular weight excluding hydrogens is 312 g/mol. The lowest BCUT2D eigenvalue weighted by Gasteiger charge is -2.04. The van der Waals surface area contributed by atoms with Crippen molar-refractivity contribution < 1.29 is 4.79 Å². The molecule has 2 heterocycles. The highest BCUT2D eigenvalue weighted by Gasteiger charge is 2.04. The van der Waals surface area contributed by atoms with Crippen LogP contribution in [0.15, 0.2) is 67.3 Å². The summed E-state index contributed by atoms with van der Waals surface area (Å²) in [5.41, 5.74) is 3.49. The summed E-state index contributed by atoms with van der Waals surface area (Å²) >= 11 is 0. The highest BCUT2D eigenvalue weighted by molar-refractivity contribution is 5.76. The molecule has 0 spiro atoms. The zero-order valence-corrected chi connectivity index (χ0v) is 14.1. The summed E-state index contributed by atoms with van der Waals surface area (Å²) in [6, 6.07) is 14.1. The zero-order valence-electron chi connectivity index (χ0n) is 14.1. The van der Waals surface area contributed by atoms with E-state index in [2.05, 4.69) is 27.5 Å². The summed E-state index contributed by atoms with van der Waals surface area (Å²) in [4.78, 5) is 15.9. The molecule has 25 heavy (non-hydrogen) atoms. The first-order valence-corrected chi connectivity index (χ1v) is 8.50. The molecule has 0 saturated heterocycles. The molecule has 3 rings (SSSR count). The van der Waals surface area contributed by atoms with E-state index in [9.17, 15) is 4.79 Å². The van der Waals surface area contributed by atoms with Crippen molar-refractivity contribution in [2.45, 2.75) is 25.8 Å². The molecule has 0 unspecified atom stereocenters. The van der Waals surface area contributed by atoms with Gasteiger partial charge in [0.25, 0.3) is 0 Å². The number of hydrogen-bond acceptors (Lipinski definition) is 3. The molecule has 0 bridgehead atoms. The maximum absolute atomic E-state index is 11.9. The second kappa shape index (κ2) is 8.78. The van der Waals surface area contributed by atoms with Crippen LogP contribution in [-0.2, 0) is 24.2 Å². The molecule has 1 aromatic carbocycles. The van der Waals surface area contributed by atoms with Gasteiger partial charge in [0.2, 0.25) is 5.91 Å². The summed E-state index contributed by atoms with van der Waals surface area (Å²) < 4.78 is 1.93. The van der Waals surface area contributed by atoms with Gasteiger partial charge in [-0.25, -0.2) is 0 Å². The standard InChI is InChI=1S/C20H22N4O/c25-20(7-6-17-8-11-21-12-9-17)22-13-10-19-14-23-24(16-19)15-18-4-2-1-3-5-18/h1-5,8-9,11-12,14,16H,6-7,10,13,15H2,(H,22,25). The van der Waals surface area contributed by atoms with Gasteiger partial charge in [-0.3, -0.25) is 14.5 Å². The van der Waals surface area contributed by atoms with Gasteiger partial charge in [-0.05, 0) is 41.7 Å². The van der Waals surface area contributed by atoms with Crippen LogP contribution in [0.4, 0.5) is 0 Å². The monoisotopic (exact) mass is 334 g/mol. The molecule has 0 atom stereocenters. The minimum absolute atomic E-state index is 0.0773. The van der Waals surface area contributed by atoms with Crippen LogP contribution in [-0.4, -0.2) is 27.2 Å². The first kappa shape index (κ1) is 16.9. The summed E-state index contributed by atoms with van der Waals surface area (Å²) in [6.07, 6.45) is 9.43. The third-order valence-electron chi connectivity index (χ3n) is 4.00. The molecule has 0 radical (unpaired) electrons. The Bertz CT molecular complexity index is 784. The largest absolute Gasteiger partial charge is 0.356 e. The molecule has 0 aliphatic carbocycles. The Balaban J connectivity index is 1.38. The molecule has 0 saturated carbocycles. The fourth-order valence-electron chi connectivity index (χ4n) is 2.63. The first-order valence-electron chi connectivity index (χ1n) is 8.50. The lowest BCUT2D eigenvalue weighted by Crippen LogP contribution is -2.25. The highest BCUT2D eigenvalue weighted by Crippen LogP contribution is 2.05. The number of carbonyl (C=O) groups is 1. The number of nitrogens with one attached hydrogen (secondary N) is 1. The highest BCUT2D eigenvalue weighted by atomic mass is 16.1. The van der Waals surface area contributed by atoms with Gasteiger partial charge >= 0.3 is 0 Å². The van der Waals surface area contributed by atoms with Crippen LogP contribution in [0.5, 0.6) is 0 Å². The lowest BCUT2D eigenvalue weighted by molar-refractivity contribution is -0.121. The second-order valence-corrected chi connectivity index (χ2v) is 5.99. The minimum atomic E-state index is 0.0773. The van der Waals surface area contributed by atoms with E-state index in [4.69, 9.17) is 0 Å². The quantitative estimate of drug-likeness (QED) is 0.689. The molecular formula is C20H22N4O. The number of hydrogen-bond donors (Lipinski definition) is 1. The molecule has 5 nitrogen and oxygen atoms in total. The van der Waals surface area contributed by atoms with Gasteiger partial charge in [0.05, 0.1) is 12.7 Å². The van der Waals surface area contributed by atoms with Crippen molar-refractivity contribution in [2.75, 3.05) is 6.54 Å². The number of pyridine rings is 1. The SMILES string of the molecule is O=C(CCc1ccncc1)NCCc1cnn(Cc2ccccc2)c1. The molecule has 5 heteroatoms. The Morgan fingerprint density at radius 1 is 0.960 bits per heavy atom. The average Bonchev–Trinajstić information content (AvgIpc) is 3.09. The van der Waals surface area contributed by atoms with Crippen LogP contribution < -0.4 is 5.32 Å². The predicted octanol–water partition coefficient (Wildman–Crippen LogP) is 2.62. The van der Waals surface area contributed by atoms with Crippen molar-refractivity contribution >= 4 is 5.91 Å². The van der Waals surface area contributed by atoms with E-state index >= 15 is 0 Å². The maximum Gasteiger partial charge on any atom is 0.220 e. The molecule has 2 aromatic heterocycles. The zero-order chi connectivity index (χ0) is 17.3. The summed E-state index contributed by atoms with van der Waals surface area (Å²) in [7, 11) is 0. The maximum atomic E-state index is 11.9. The molecule has 128 valence electrons. The van der Waals surface area contributed by atoms with E-state index < -0.39 is 0 Å². The summed E-state index contributed by atoms with van der Waals surface area (Å²) in [5.74, 6) is 0.0773. The second-order valence-electron chi connectivity index (χ2n) is 5.99. The Kier molecular flexibility index (Phi) is 5.93. The fraction of sp³-hybridized carbons (Fsp3) is 0.250. The van der Waals surface area contributed by atoms with Crippen molar-refractivity contribution in [3.8, 4) is 0 Å². The number of rotatable bonds is 8. The van der Waals surface area contributed by atoms with Gasteiger partial charge < -0.3 is 5.32 Å². The molecule has 1 amide bonds. The third-order valence-corrected chi connectivity index (χ3v) is 4.00. The smallest absolute Gasteiger partial charge is 0.220 e. The van der Waals surface area contributed by atoms with E-state index in [1.807, 2.05) is 47.4 Å². The molecule has 0 aliphatic rings. The van der Waals surface area contributed by atoms with Gasteiger partial charge in [0.1, 0.15) is 0 Å². The summed E-state index contributed by atoms with van der Waals surface area (Å²) in [5, 5.41) is 7.35. The van der Waals surface area contributed by atoms with E-state index in [-0.39, 0.29) is 5.91 Å². The fourth-order valence-corrected chi connectivity index (χ4v) is 2.63. The number of aromatic nitrogens is 3. The van der Waals surface area contributed by atoms with Crippen LogP contribution in [0, 0.1) is 0 Å². The molecule has 0 fully saturated rings. The van der Waals surface area contributed by atoms with Crippen LogP contribution in [0.3, 0.4) is 0 Å². The van der Waals surface area contributed by atoms with Gasteiger partial charge in [-0.2, -0.15) is 5.10 Å². The average molecular weight is 334 g/mol. The number of aryl methyl sites for hydroxylation is 1. The predicted molar refractivity (Wildman–Crippen MR) is 97.0 cm³/mol. The van der Waals surface area contributed by atoms with Gasteiger partial charge in [0, 0.05) is 31.6 Å². The van der Waals surface area contributed by atoms with E-state index in [1.165, 1.54) is 5.56 Å². The lowest BCUT2D eigenvalue weighted by atomic mass is 10.1. The van der Waals surface area contributed by atoms with Gasteiger partial charge in [-0.1, -0.05) is 30.3 Å². The van der Waals surface area contributed by atoms with Crippen LogP contribution >= 0.6 is 0 Å². The number of carbonyl (C=O) groups excluding carboxylic acids is 1. The van der Waals surface area contributed by atoms with E-state index in [0.29, 0.717) is 13.0 Å². The number of benzene rings is 1. The van der Waals surface area contributed by atoms with Crippen LogP contribution in [0.25, 0.3) is 0 Å².